The molecule has 0 spiro atoms. The lowest BCUT2D eigenvalue weighted by Gasteiger charge is -2.08. The van der Waals surface area contributed by atoms with Crippen molar-refractivity contribution in [3.63, 3.8) is 0 Å². The standard InChI is InChI=1S/C19H23N3O2/c1-2-21-19(24)16-8-10-17(11-9-16)22-18(23)14-20-13-12-15-6-4-3-5-7-15/h3-11,20H,2,12-14H2,1H3,(H,21,24)(H,22,23). The molecule has 2 aromatic rings. The fourth-order valence-corrected chi connectivity index (χ4v) is 2.25. The van der Waals surface area contributed by atoms with Crippen molar-refractivity contribution in [3.05, 3.63) is 65.7 Å². The Morgan fingerprint density at radius 1 is 0.958 bits per heavy atom. The number of hydrogen-bond donors (Lipinski definition) is 3. The molecule has 0 bridgehead atoms. The zero-order chi connectivity index (χ0) is 17.2. The highest BCUT2D eigenvalue weighted by Gasteiger charge is 2.05. The molecule has 2 amide bonds. The van der Waals surface area contributed by atoms with E-state index in [2.05, 4.69) is 28.1 Å². The van der Waals surface area contributed by atoms with Crippen LogP contribution in [0.25, 0.3) is 0 Å². The summed E-state index contributed by atoms with van der Waals surface area (Å²) in [5, 5.41) is 8.66. The molecule has 0 saturated carbocycles. The molecule has 126 valence electrons. The van der Waals surface area contributed by atoms with Crippen LogP contribution in [0.1, 0.15) is 22.8 Å². The summed E-state index contributed by atoms with van der Waals surface area (Å²) < 4.78 is 0. The molecule has 0 radical (unpaired) electrons. The molecule has 2 rings (SSSR count). The second kappa shape index (κ2) is 9.47. The molecule has 0 heterocycles. The number of rotatable bonds is 8. The summed E-state index contributed by atoms with van der Waals surface area (Å²) in [6.45, 7) is 3.46. The van der Waals surface area contributed by atoms with Gasteiger partial charge < -0.3 is 16.0 Å². The monoisotopic (exact) mass is 325 g/mol. The topological polar surface area (TPSA) is 70.2 Å². The van der Waals surface area contributed by atoms with Crippen molar-refractivity contribution in [2.75, 3.05) is 25.0 Å². The Labute approximate surface area is 142 Å². The normalized spacial score (nSPS) is 10.2. The summed E-state index contributed by atoms with van der Waals surface area (Å²) in [7, 11) is 0. The van der Waals surface area contributed by atoms with Crippen LogP contribution >= 0.6 is 0 Å². The van der Waals surface area contributed by atoms with Gasteiger partial charge in [0.25, 0.3) is 5.91 Å². The SMILES string of the molecule is CCNC(=O)c1ccc(NC(=O)CNCCc2ccccc2)cc1. The van der Waals surface area contributed by atoms with Crippen molar-refractivity contribution in [3.8, 4) is 0 Å². The first kappa shape index (κ1) is 17.7. The Morgan fingerprint density at radius 3 is 2.33 bits per heavy atom. The smallest absolute Gasteiger partial charge is 0.251 e. The number of amides is 2. The maximum atomic E-state index is 11.9. The molecule has 2 aromatic carbocycles. The fraction of sp³-hybridized carbons (Fsp3) is 0.263. The van der Waals surface area contributed by atoms with Gasteiger partial charge in [-0.15, -0.1) is 0 Å². The van der Waals surface area contributed by atoms with E-state index in [4.69, 9.17) is 0 Å². The van der Waals surface area contributed by atoms with E-state index in [0.29, 0.717) is 17.8 Å². The molecular weight excluding hydrogens is 302 g/mol. The van der Waals surface area contributed by atoms with Crippen LogP contribution in [0.2, 0.25) is 0 Å². The van der Waals surface area contributed by atoms with Crippen LogP contribution in [0, 0.1) is 0 Å². The first-order chi connectivity index (χ1) is 11.7. The summed E-state index contributed by atoms with van der Waals surface area (Å²) >= 11 is 0. The lowest BCUT2D eigenvalue weighted by atomic mass is 10.1. The van der Waals surface area contributed by atoms with E-state index < -0.39 is 0 Å². The average molecular weight is 325 g/mol. The third-order valence-corrected chi connectivity index (χ3v) is 3.49. The zero-order valence-electron chi connectivity index (χ0n) is 13.8. The lowest BCUT2D eigenvalue weighted by Crippen LogP contribution is -2.29. The van der Waals surface area contributed by atoms with Gasteiger partial charge in [-0.1, -0.05) is 30.3 Å². The molecule has 0 atom stereocenters. The molecule has 3 N–H and O–H groups in total. The van der Waals surface area contributed by atoms with E-state index in [1.165, 1.54) is 5.56 Å². The molecule has 0 aliphatic rings. The van der Waals surface area contributed by atoms with E-state index in [1.807, 2.05) is 25.1 Å². The number of nitrogens with one attached hydrogen (secondary N) is 3. The molecular formula is C19H23N3O2. The van der Waals surface area contributed by atoms with Gasteiger partial charge in [0.1, 0.15) is 0 Å². The molecule has 0 aliphatic heterocycles. The minimum Gasteiger partial charge on any atom is -0.352 e. The Hall–Kier alpha value is -2.66. The number of benzene rings is 2. The minimum atomic E-state index is -0.113. The van der Waals surface area contributed by atoms with Gasteiger partial charge in [-0.25, -0.2) is 0 Å². The van der Waals surface area contributed by atoms with Crippen molar-refractivity contribution in [1.29, 1.82) is 0 Å². The average Bonchev–Trinajstić information content (AvgIpc) is 2.60. The number of carbonyl (C=O) groups excluding carboxylic acids is 2. The largest absolute Gasteiger partial charge is 0.352 e. The maximum absolute atomic E-state index is 11.9. The predicted molar refractivity (Wildman–Crippen MR) is 96.1 cm³/mol. The van der Waals surface area contributed by atoms with Crippen molar-refractivity contribution in [1.82, 2.24) is 10.6 Å². The van der Waals surface area contributed by atoms with Gasteiger partial charge in [-0.05, 0) is 49.7 Å². The number of hydrogen-bond acceptors (Lipinski definition) is 3. The van der Waals surface area contributed by atoms with Crippen LogP contribution in [0.5, 0.6) is 0 Å². The Morgan fingerprint density at radius 2 is 1.67 bits per heavy atom. The Kier molecular flexibility index (Phi) is 6.98. The molecule has 5 nitrogen and oxygen atoms in total. The molecule has 0 aliphatic carbocycles. The fourth-order valence-electron chi connectivity index (χ4n) is 2.25. The summed E-state index contributed by atoms with van der Waals surface area (Å²) in [5.41, 5.74) is 2.50. The van der Waals surface area contributed by atoms with Crippen molar-refractivity contribution < 1.29 is 9.59 Å². The molecule has 5 heteroatoms. The van der Waals surface area contributed by atoms with E-state index in [1.54, 1.807) is 24.3 Å². The van der Waals surface area contributed by atoms with Gasteiger partial charge in [0.2, 0.25) is 5.91 Å². The Balaban J connectivity index is 1.71. The second-order valence-corrected chi connectivity index (χ2v) is 5.40. The molecule has 0 unspecified atom stereocenters. The van der Waals surface area contributed by atoms with E-state index >= 15 is 0 Å². The third-order valence-electron chi connectivity index (χ3n) is 3.49. The van der Waals surface area contributed by atoms with Crippen molar-refractivity contribution in [2.24, 2.45) is 0 Å². The first-order valence-electron chi connectivity index (χ1n) is 8.12. The lowest BCUT2D eigenvalue weighted by molar-refractivity contribution is -0.115. The van der Waals surface area contributed by atoms with Gasteiger partial charge in [0, 0.05) is 17.8 Å². The molecule has 0 aromatic heterocycles. The van der Waals surface area contributed by atoms with Crippen molar-refractivity contribution in [2.45, 2.75) is 13.3 Å². The molecule has 24 heavy (non-hydrogen) atoms. The summed E-state index contributed by atoms with van der Waals surface area (Å²) in [4.78, 5) is 23.6. The van der Waals surface area contributed by atoms with Gasteiger partial charge >= 0.3 is 0 Å². The van der Waals surface area contributed by atoms with Crippen molar-refractivity contribution >= 4 is 17.5 Å². The van der Waals surface area contributed by atoms with E-state index in [0.717, 1.165) is 13.0 Å². The summed E-state index contributed by atoms with van der Waals surface area (Å²) in [5.74, 6) is -0.216. The Bertz CT molecular complexity index is 654. The maximum Gasteiger partial charge on any atom is 0.251 e. The van der Waals surface area contributed by atoms with Gasteiger partial charge in [-0.3, -0.25) is 9.59 Å². The van der Waals surface area contributed by atoms with Crippen LogP contribution in [-0.2, 0) is 11.2 Å². The van der Waals surface area contributed by atoms with Crippen LogP contribution in [0.4, 0.5) is 5.69 Å². The van der Waals surface area contributed by atoms with Crippen LogP contribution in [0.3, 0.4) is 0 Å². The predicted octanol–water partition coefficient (Wildman–Crippen LogP) is 2.21. The zero-order valence-corrected chi connectivity index (χ0v) is 13.8. The van der Waals surface area contributed by atoms with Crippen LogP contribution < -0.4 is 16.0 Å². The van der Waals surface area contributed by atoms with Gasteiger partial charge in [0.05, 0.1) is 6.54 Å². The van der Waals surface area contributed by atoms with Crippen LogP contribution in [-0.4, -0.2) is 31.4 Å². The third kappa shape index (κ3) is 5.85. The van der Waals surface area contributed by atoms with Crippen LogP contribution in [0.15, 0.2) is 54.6 Å². The molecule has 0 fully saturated rings. The number of carbonyl (C=O) groups is 2. The quantitative estimate of drug-likeness (QED) is 0.652. The summed E-state index contributed by atoms with van der Waals surface area (Å²) in [6, 6.07) is 17.0. The van der Waals surface area contributed by atoms with Gasteiger partial charge in [-0.2, -0.15) is 0 Å². The van der Waals surface area contributed by atoms with E-state index in [-0.39, 0.29) is 18.4 Å². The minimum absolute atomic E-state index is 0.103. The summed E-state index contributed by atoms with van der Waals surface area (Å²) in [6.07, 6.45) is 0.884. The number of anilines is 1. The molecule has 0 saturated heterocycles. The highest BCUT2D eigenvalue weighted by molar-refractivity contribution is 5.96. The van der Waals surface area contributed by atoms with Gasteiger partial charge in [0.15, 0.2) is 0 Å². The first-order valence-corrected chi connectivity index (χ1v) is 8.12. The van der Waals surface area contributed by atoms with E-state index in [9.17, 15) is 9.59 Å². The highest BCUT2D eigenvalue weighted by Crippen LogP contribution is 2.09. The second-order valence-electron chi connectivity index (χ2n) is 5.40. The highest BCUT2D eigenvalue weighted by atomic mass is 16.2.